The minimum atomic E-state index is -4.38. The lowest BCUT2D eigenvalue weighted by molar-refractivity contribution is -0.137. The third-order valence-electron chi connectivity index (χ3n) is 5.46. The molecular formula is C24H22F3NO. The maximum atomic E-state index is 13.4. The van der Waals surface area contributed by atoms with Gasteiger partial charge < -0.3 is 5.11 Å². The Morgan fingerprint density at radius 1 is 0.897 bits per heavy atom. The van der Waals surface area contributed by atoms with Gasteiger partial charge in [-0.25, -0.2) is 0 Å². The van der Waals surface area contributed by atoms with Crippen molar-refractivity contribution in [2.45, 2.75) is 25.2 Å². The van der Waals surface area contributed by atoms with Crippen LogP contribution in [0.5, 0.6) is 0 Å². The van der Waals surface area contributed by atoms with Crippen LogP contribution in [0.3, 0.4) is 0 Å². The van der Waals surface area contributed by atoms with Gasteiger partial charge in [0, 0.05) is 19.6 Å². The normalized spacial score (nSPS) is 15.7. The Labute approximate surface area is 168 Å². The first kappa shape index (κ1) is 19.7. The van der Waals surface area contributed by atoms with Crippen molar-refractivity contribution in [3.8, 4) is 11.1 Å². The van der Waals surface area contributed by atoms with Crippen LogP contribution in [0.15, 0.2) is 72.8 Å². The fourth-order valence-corrected chi connectivity index (χ4v) is 3.94. The van der Waals surface area contributed by atoms with E-state index >= 15 is 0 Å². The SMILES string of the molecule is OC(CN1CCc2cc(-c3ccccc3C(F)(F)F)ccc2C1)c1ccccc1. The minimum Gasteiger partial charge on any atom is -0.387 e. The quantitative estimate of drug-likeness (QED) is 0.632. The molecule has 1 aliphatic heterocycles. The Bertz CT molecular complexity index is 985. The predicted octanol–water partition coefficient (Wildman–Crippen LogP) is 5.46. The van der Waals surface area contributed by atoms with Gasteiger partial charge in [0.2, 0.25) is 0 Å². The molecule has 2 nitrogen and oxygen atoms in total. The van der Waals surface area contributed by atoms with E-state index in [1.54, 1.807) is 12.1 Å². The number of aliphatic hydroxyl groups is 1. The number of hydrogen-bond acceptors (Lipinski definition) is 2. The van der Waals surface area contributed by atoms with E-state index in [0.717, 1.165) is 35.7 Å². The van der Waals surface area contributed by atoms with Crippen molar-refractivity contribution in [3.05, 3.63) is 95.1 Å². The smallest absolute Gasteiger partial charge is 0.387 e. The van der Waals surface area contributed by atoms with E-state index < -0.39 is 17.8 Å². The van der Waals surface area contributed by atoms with Crippen LogP contribution in [0.1, 0.15) is 28.4 Å². The molecule has 0 aliphatic carbocycles. The number of halogens is 3. The molecule has 3 aromatic carbocycles. The van der Waals surface area contributed by atoms with E-state index in [9.17, 15) is 18.3 Å². The average Bonchev–Trinajstić information content (AvgIpc) is 2.73. The zero-order valence-electron chi connectivity index (χ0n) is 15.9. The zero-order chi connectivity index (χ0) is 20.4. The summed E-state index contributed by atoms with van der Waals surface area (Å²) in [6.07, 6.45) is -4.19. The summed E-state index contributed by atoms with van der Waals surface area (Å²) in [6.45, 7) is 1.98. The summed E-state index contributed by atoms with van der Waals surface area (Å²) in [5.74, 6) is 0. The highest BCUT2D eigenvalue weighted by molar-refractivity contribution is 5.69. The van der Waals surface area contributed by atoms with Gasteiger partial charge >= 0.3 is 6.18 Å². The molecular weight excluding hydrogens is 375 g/mol. The van der Waals surface area contributed by atoms with Crippen molar-refractivity contribution >= 4 is 0 Å². The van der Waals surface area contributed by atoms with Gasteiger partial charge in [-0.1, -0.05) is 66.7 Å². The van der Waals surface area contributed by atoms with E-state index in [4.69, 9.17) is 0 Å². The average molecular weight is 397 g/mol. The molecule has 0 amide bonds. The summed E-state index contributed by atoms with van der Waals surface area (Å²) >= 11 is 0. The highest BCUT2D eigenvalue weighted by Crippen LogP contribution is 2.38. The van der Waals surface area contributed by atoms with Crippen LogP contribution in [0.2, 0.25) is 0 Å². The summed E-state index contributed by atoms with van der Waals surface area (Å²) < 4.78 is 40.1. The van der Waals surface area contributed by atoms with Gasteiger partial charge in [0.05, 0.1) is 11.7 Å². The molecule has 0 saturated heterocycles. The van der Waals surface area contributed by atoms with E-state index in [1.807, 2.05) is 42.5 Å². The summed E-state index contributed by atoms with van der Waals surface area (Å²) in [5, 5.41) is 10.5. The molecule has 0 aromatic heterocycles. The fraction of sp³-hybridized carbons (Fsp3) is 0.250. The molecule has 0 saturated carbocycles. The Kier molecular flexibility index (Phi) is 5.43. The minimum absolute atomic E-state index is 0.213. The Balaban J connectivity index is 1.53. The highest BCUT2D eigenvalue weighted by Gasteiger charge is 2.33. The van der Waals surface area contributed by atoms with E-state index in [-0.39, 0.29) is 5.56 Å². The van der Waals surface area contributed by atoms with Gasteiger partial charge in [0.15, 0.2) is 0 Å². The summed E-state index contributed by atoms with van der Waals surface area (Å²) in [5.41, 5.74) is 3.26. The molecule has 0 fully saturated rings. The number of β-amino-alcohol motifs (C(OH)–C–C–N with tert-alkyl or cyclic N) is 1. The molecule has 1 N–H and O–H groups in total. The second kappa shape index (κ2) is 8.01. The molecule has 0 spiro atoms. The molecule has 1 heterocycles. The molecule has 29 heavy (non-hydrogen) atoms. The number of fused-ring (bicyclic) bond motifs is 1. The van der Waals surface area contributed by atoms with Crippen LogP contribution in [0.25, 0.3) is 11.1 Å². The van der Waals surface area contributed by atoms with E-state index in [2.05, 4.69) is 4.90 Å². The number of benzene rings is 3. The molecule has 5 heteroatoms. The lowest BCUT2D eigenvalue weighted by Gasteiger charge is -2.31. The first-order valence-corrected chi connectivity index (χ1v) is 9.65. The maximum Gasteiger partial charge on any atom is 0.417 e. The summed E-state index contributed by atoms with van der Waals surface area (Å²) in [7, 11) is 0. The van der Waals surface area contributed by atoms with Crippen molar-refractivity contribution < 1.29 is 18.3 Å². The maximum absolute atomic E-state index is 13.4. The zero-order valence-corrected chi connectivity index (χ0v) is 15.9. The molecule has 3 aromatic rings. The van der Waals surface area contributed by atoms with E-state index in [1.165, 1.54) is 12.1 Å². The molecule has 1 unspecified atom stereocenters. The van der Waals surface area contributed by atoms with Gasteiger partial charge in [0.1, 0.15) is 0 Å². The number of hydrogen-bond donors (Lipinski definition) is 1. The van der Waals surface area contributed by atoms with Gasteiger partial charge in [-0.15, -0.1) is 0 Å². The lowest BCUT2D eigenvalue weighted by atomic mass is 9.92. The Morgan fingerprint density at radius 2 is 1.62 bits per heavy atom. The molecule has 0 bridgehead atoms. The second-order valence-corrected chi connectivity index (χ2v) is 7.44. The van der Waals surface area contributed by atoms with Crippen LogP contribution in [-0.2, 0) is 19.1 Å². The topological polar surface area (TPSA) is 23.5 Å². The molecule has 4 rings (SSSR count). The number of nitrogens with zero attached hydrogens (tertiary/aromatic N) is 1. The predicted molar refractivity (Wildman–Crippen MR) is 107 cm³/mol. The highest BCUT2D eigenvalue weighted by atomic mass is 19.4. The molecule has 1 aliphatic rings. The fourth-order valence-electron chi connectivity index (χ4n) is 3.94. The third-order valence-corrected chi connectivity index (χ3v) is 5.46. The Hall–Kier alpha value is -2.63. The van der Waals surface area contributed by atoms with Gasteiger partial charge in [-0.2, -0.15) is 13.2 Å². The van der Waals surface area contributed by atoms with Crippen molar-refractivity contribution in [2.75, 3.05) is 13.1 Å². The van der Waals surface area contributed by atoms with Crippen LogP contribution in [-0.4, -0.2) is 23.1 Å². The largest absolute Gasteiger partial charge is 0.417 e. The third kappa shape index (κ3) is 4.36. The van der Waals surface area contributed by atoms with Gasteiger partial charge in [0.25, 0.3) is 0 Å². The molecule has 150 valence electrons. The molecule has 1 atom stereocenters. The number of aliphatic hydroxyl groups excluding tert-OH is 1. The first-order valence-electron chi connectivity index (χ1n) is 9.65. The van der Waals surface area contributed by atoms with Gasteiger partial charge in [-0.3, -0.25) is 4.90 Å². The van der Waals surface area contributed by atoms with Gasteiger partial charge in [-0.05, 0) is 40.3 Å². The molecule has 0 radical (unpaired) electrons. The van der Waals surface area contributed by atoms with Crippen LogP contribution in [0.4, 0.5) is 13.2 Å². The van der Waals surface area contributed by atoms with Crippen LogP contribution >= 0.6 is 0 Å². The lowest BCUT2D eigenvalue weighted by Crippen LogP contribution is -2.34. The van der Waals surface area contributed by atoms with Crippen LogP contribution < -0.4 is 0 Å². The van der Waals surface area contributed by atoms with Crippen molar-refractivity contribution in [1.29, 1.82) is 0 Å². The van der Waals surface area contributed by atoms with Crippen molar-refractivity contribution in [2.24, 2.45) is 0 Å². The van der Waals surface area contributed by atoms with Crippen molar-refractivity contribution in [3.63, 3.8) is 0 Å². The first-order chi connectivity index (χ1) is 13.9. The summed E-state index contributed by atoms with van der Waals surface area (Å²) in [4.78, 5) is 2.18. The van der Waals surface area contributed by atoms with Crippen molar-refractivity contribution in [1.82, 2.24) is 4.90 Å². The van der Waals surface area contributed by atoms with E-state index in [0.29, 0.717) is 18.7 Å². The van der Waals surface area contributed by atoms with Crippen LogP contribution in [0, 0.1) is 0 Å². The number of rotatable bonds is 4. The standard InChI is InChI=1S/C24H22F3NO/c25-24(26,27)22-9-5-4-8-21(22)19-10-11-20-15-28(13-12-18(20)14-19)16-23(29)17-6-2-1-3-7-17/h1-11,14,23,29H,12-13,15-16H2. The summed E-state index contributed by atoms with van der Waals surface area (Å²) in [6, 6.07) is 20.8. The second-order valence-electron chi connectivity index (χ2n) is 7.44. The monoisotopic (exact) mass is 397 g/mol. The Morgan fingerprint density at radius 3 is 2.38 bits per heavy atom. The number of alkyl halides is 3.